The zero-order valence-electron chi connectivity index (χ0n) is 12.4. The molecular weight excluding hydrogens is 268 g/mol. The van der Waals surface area contributed by atoms with Gasteiger partial charge in [-0.15, -0.1) is 0 Å². The molecule has 3 rings (SSSR count). The second-order valence-electron chi connectivity index (χ2n) is 5.92. The van der Waals surface area contributed by atoms with Crippen molar-refractivity contribution in [2.75, 3.05) is 25.1 Å². The van der Waals surface area contributed by atoms with Crippen LogP contribution < -0.4 is 15.0 Å². The third kappa shape index (κ3) is 2.78. The molecule has 0 saturated heterocycles. The molecule has 1 aliphatic heterocycles. The number of fused-ring (bicyclic) bond motifs is 1. The molecule has 0 bridgehead atoms. The van der Waals surface area contributed by atoms with Crippen LogP contribution in [0.2, 0.25) is 0 Å². The van der Waals surface area contributed by atoms with Crippen LogP contribution in [0.3, 0.4) is 0 Å². The Morgan fingerprint density at radius 2 is 2.14 bits per heavy atom. The number of Topliss-reactive ketones (excluding diaryl/α,β-unsaturated/α-hetero) is 1. The van der Waals surface area contributed by atoms with E-state index in [1.807, 2.05) is 0 Å². The lowest BCUT2D eigenvalue weighted by Crippen LogP contribution is -2.37. The summed E-state index contributed by atoms with van der Waals surface area (Å²) in [6, 6.07) is 5.87. The lowest BCUT2D eigenvalue weighted by Gasteiger charge is -2.21. The Labute approximate surface area is 124 Å². The fourth-order valence-electron chi connectivity index (χ4n) is 2.62. The number of benzene rings is 1. The van der Waals surface area contributed by atoms with Crippen molar-refractivity contribution >= 4 is 17.4 Å². The number of ketones is 1. The summed E-state index contributed by atoms with van der Waals surface area (Å²) in [6.07, 6.45) is 2.49. The highest BCUT2D eigenvalue weighted by Crippen LogP contribution is 2.32. The van der Waals surface area contributed by atoms with E-state index in [9.17, 15) is 9.59 Å². The van der Waals surface area contributed by atoms with Crippen LogP contribution in [0, 0.1) is 5.92 Å². The quantitative estimate of drug-likeness (QED) is 0.808. The van der Waals surface area contributed by atoms with Crippen LogP contribution in [0.15, 0.2) is 18.2 Å². The second-order valence-corrected chi connectivity index (χ2v) is 5.92. The summed E-state index contributed by atoms with van der Waals surface area (Å²) in [4.78, 5) is 25.8. The van der Waals surface area contributed by atoms with Gasteiger partial charge in [0.1, 0.15) is 5.75 Å². The zero-order chi connectivity index (χ0) is 15.0. The van der Waals surface area contributed by atoms with Gasteiger partial charge < -0.3 is 15.0 Å². The van der Waals surface area contributed by atoms with E-state index in [1.54, 1.807) is 30.2 Å². The van der Waals surface area contributed by atoms with Crippen LogP contribution in [-0.4, -0.2) is 37.9 Å². The molecule has 112 valence electrons. The molecule has 21 heavy (non-hydrogen) atoms. The maximum absolute atomic E-state index is 12.2. The monoisotopic (exact) mass is 288 g/mol. The minimum absolute atomic E-state index is 0.301. The number of carbonyl (C=O) groups is 2. The number of rotatable bonds is 6. The SMILES string of the molecule is COc1ccc2c(c1)C(=O)C(=O)N2CC(C)CNC1CC1. The Kier molecular flexibility index (Phi) is 3.68. The van der Waals surface area contributed by atoms with E-state index in [0.717, 1.165) is 6.54 Å². The number of nitrogens with zero attached hydrogens (tertiary/aromatic N) is 1. The van der Waals surface area contributed by atoms with E-state index in [1.165, 1.54) is 12.8 Å². The highest BCUT2D eigenvalue weighted by molar-refractivity contribution is 6.52. The van der Waals surface area contributed by atoms with Crippen molar-refractivity contribution < 1.29 is 14.3 Å². The fourth-order valence-corrected chi connectivity index (χ4v) is 2.62. The summed E-state index contributed by atoms with van der Waals surface area (Å²) in [5, 5.41) is 3.46. The smallest absolute Gasteiger partial charge is 0.299 e. The number of hydrogen-bond donors (Lipinski definition) is 1. The first kappa shape index (κ1) is 14.1. The molecule has 5 heteroatoms. The Morgan fingerprint density at radius 3 is 2.81 bits per heavy atom. The first-order chi connectivity index (χ1) is 10.1. The van der Waals surface area contributed by atoms with E-state index in [-0.39, 0.29) is 0 Å². The van der Waals surface area contributed by atoms with Gasteiger partial charge in [0.2, 0.25) is 0 Å². The molecule has 1 atom stereocenters. The van der Waals surface area contributed by atoms with Gasteiger partial charge in [-0.25, -0.2) is 0 Å². The Balaban J connectivity index is 1.73. The first-order valence-electron chi connectivity index (χ1n) is 7.37. The van der Waals surface area contributed by atoms with Crippen molar-refractivity contribution in [2.24, 2.45) is 5.92 Å². The number of carbonyl (C=O) groups excluding carboxylic acids is 2. The van der Waals surface area contributed by atoms with E-state index < -0.39 is 11.7 Å². The van der Waals surface area contributed by atoms with E-state index in [2.05, 4.69) is 12.2 Å². The highest BCUT2D eigenvalue weighted by Gasteiger charge is 2.36. The molecule has 1 heterocycles. The molecule has 1 N–H and O–H groups in total. The molecule has 1 aromatic carbocycles. The molecule has 0 aromatic heterocycles. The lowest BCUT2D eigenvalue weighted by atomic mass is 10.1. The number of anilines is 1. The minimum atomic E-state index is -0.439. The molecule has 1 saturated carbocycles. The maximum atomic E-state index is 12.2. The van der Waals surface area contributed by atoms with Gasteiger partial charge in [0.05, 0.1) is 18.4 Å². The van der Waals surface area contributed by atoms with Crippen molar-refractivity contribution in [3.8, 4) is 5.75 Å². The molecule has 1 amide bonds. The van der Waals surface area contributed by atoms with Crippen LogP contribution >= 0.6 is 0 Å². The number of methoxy groups -OCH3 is 1. The lowest BCUT2D eigenvalue weighted by molar-refractivity contribution is -0.114. The standard InChI is InChI=1S/C16H20N2O3/c1-10(8-17-11-3-4-11)9-18-14-6-5-12(21-2)7-13(14)15(19)16(18)20/h5-7,10-11,17H,3-4,8-9H2,1-2H3. The number of nitrogens with one attached hydrogen (secondary N) is 1. The van der Waals surface area contributed by atoms with Crippen LogP contribution in [0.1, 0.15) is 30.1 Å². The molecule has 0 spiro atoms. The summed E-state index contributed by atoms with van der Waals surface area (Å²) in [5.41, 5.74) is 1.14. The minimum Gasteiger partial charge on any atom is -0.497 e. The average molecular weight is 288 g/mol. The Hall–Kier alpha value is -1.88. The summed E-state index contributed by atoms with van der Waals surface area (Å²) < 4.78 is 5.12. The molecule has 1 fully saturated rings. The van der Waals surface area contributed by atoms with Crippen molar-refractivity contribution in [3.63, 3.8) is 0 Å². The van der Waals surface area contributed by atoms with Crippen molar-refractivity contribution in [1.82, 2.24) is 5.32 Å². The molecule has 0 radical (unpaired) electrons. The van der Waals surface area contributed by atoms with Crippen LogP contribution in [0.25, 0.3) is 0 Å². The zero-order valence-corrected chi connectivity index (χ0v) is 12.4. The molecule has 1 aromatic rings. The number of amides is 1. The second kappa shape index (κ2) is 5.48. The number of hydrogen-bond acceptors (Lipinski definition) is 4. The van der Waals surface area contributed by atoms with Crippen LogP contribution in [-0.2, 0) is 4.79 Å². The van der Waals surface area contributed by atoms with Crippen molar-refractivity contribution in [1.29, 1.82) is 0 Å². The van der Waals surface area contributed by atoms with E-state index in [0.29, 0.717) is 35.5 Å². The van der Waals surface area contributed by atoms with Gasteiger partial charge in [-0.2, -0.15) is 0 Å². The molecular formula is C16H20N2O3. The number of ether oxygens (including phenoxy) is 1. The van der Waals surface area contributed by atoms with Crippen LogP contribution in [0.4, 0.5) is 5.69 Å². The normalized spacial score (nSPS) is 18.9. The highest BCUT2D eigenvalue weighted by atomic mass is 16.5. The van der Waals surface area contributed by atoms with Gasteiger partial charge in [0.25, 0.3) is 11.7 Å². The third-order valence-corrected chi connectivity index (χ3v) is 4.01. The van der Waals surface area contributed by atoms with Crippen LogP contribution in [0.5, 0.6) is 5.75 Å². The van der Waals surface area contributed by atoms with Gasteiger partial charge in [0.15, 0.2) is 0 Å². The average Bonchev–Trinajstić information content (AvgIpc) is 3.29. The summed E-state index contributed by atoms with van der Waals surface area (Å²) >= 11 is 0. The third-order valence-electron chi connectivity index (χ3n) is 4.01. The summed E-state index contributed by atoms with van der Waals surface area (Å²) in [6.45, 7) is 3.52. The molecule has 1 aliphatic carbocycles. The Morgan fingerprint density at radius 1 is 1.38 bits per heavy atom. The molecule has 1 unspecified atom stereocenters. The van der Waals surface area contributed by atoms with E-state index >= 15 is 0 Å². The van der Waals surface area contributed by atoms with Crippen molar-refractivity contribution in [3.05, 3.63) is 23.8 Å². The summed E-state index contributed by atoms with van der Waals surface area (Å²) in [7, 11) is 1.55. The van der Waals surface area contributed by atoms with Gasteiger partial charge in [0, 0.05) is 12.6 Å². The topological polar surface area (TPSA) is 58.6 Å². The predicted octanol–water partition coefficient (Wildman–Crippen LogP) is 1.61. The maximum Gasteiger partial charge on any atom is 0.299 e. The van der Waals surface area contributed by atoms with Gasteiger partial charge in [-0.1, -0.05) is 6.92 Å². The molecule has 5 nitrogen and oxygen atoms in total. The van der Waals surface area contributed by atoms with Gasteiger partial charge in [-0.05, 0) is 43.5 Å². The van der Waals surface area contributed by atoms with Gasteiger partial charge >= 0.3 is 0 Å². The summed E-state index contributed by atoms with van der Waals surface area (Å²) in [5.74, 6) is 0.0263. The van der Waals surface area contributed by atoms with Gasteiger partial charge in [-0.3, -0.25) is 9.59 Å². The first-order valence-corrected chi connectivity index (χ1v) is 7.37. The predicted molar refractivity (Wildman–Crippen MR) is 79.9 cm³/mol. The Bertz CT molecular complexity index is 581. The fraction of sp³-hybridized carbons (Fsp3) is 0.500. The van der Waals surface area contributed by atoms with E-state index in [4.69, 9.17) is 4.74 Å². The largest absolute Gasteiger partial charge is 0.497 e. The molecule has 2 aliphatic rings. The van der Waals surface area contributed by atoms with Crippen molar-refractivity contribution in [2.45, 2.75) is 25.8 Å².